The molecule has 1 N–H and O–H groups in total. The van der Waals surface area contributed by atoms with Crippen LogP contribution in [-0.4, -0.2) is 47.4 Å². The molecule has 0 spiro atoms. The summed E-state index contributed by atoms with van der Waals surface area (Å²) in [4.78, 5) is 15.4. The van der Waals surface area contributed by atoms with E-state index in [4.69, 9.17) is 9.84 Å². The maximum atomic E-state index is 12.9. The van der Waals surface area contributed by atoms with E-state index in [0.717, 1.165) is 24.1 Å². The van der Waals surface area contributed by atoms with Crippen molar-refractivity contribution in [2.24, 2.45) is 0 Å². The molecule has 1 saturated heterocycles. The first kappa shape index (κ1) is 16.2. The number of anilines is 1. The summed E-state index contributed by atoms with van der Waals surface area (Å²) in [7, 11) is 0. The Bertz CT molecular complexity index is 583. The van der Waals surface area contributed by atoms with Crippen LogP contribution < -0.4 is 9.64 Å². The molecule has 0 bridgehead atoms. The second-order valence-electron chi connectivity index (χ2n) is 4.86. The van der Waals surface area contributed by atoms with Crippen molar-refractivity contribution in [3.8, 4) is 5.75 Å². The molecule has 0 aromatic carbocycles. The van der Waals surface area contributed by atoms with Gasteiger partial charge in [0.15, 0.2) is 11.8 Å². The molecular weight excluding hydrogens is 315 g/mol. The number of aromatic nitrogens is 1. The van der Waals surface area contributed by atoms with Crippen molar-refractivity contribution in [2.45, 2.75) is 25.1 Å². The minimum absolute atomic E-state index is 0.105. The van der Waals surface area contributed by atoms with Crippen molar-refractivity contribution in [2.75, 3.05) is 18.0 Å². The first-order valence-corrected chi connectivity index (χ1v) is 6.09. The van der Waals surface area contributed by atoms with E-state index in [1.54, 1.807) is 0 Å². The van der Waals surface area contributed by atoms with Crippen molar-refractivity contribution < 1.29 is 36.6 Å². The lowest BCUT2D eigenvalue weighted by Gasteiger charge is -2.41. The summed E-state index contributed by atoms with van der Waals surface area (Å²) in [6.07, 6.45) is -5.99. The third-order valence-electron chi connectivity index (χ3n) is 3.02. The predicted molar refractivity (Wildman–Crippen MR) is 64.5 cm³/mol. The van der Waals surface area contributed by atoms with E-state index in [1.165, 1.54) is 0 Å². The van der Waals surface area contributed by atoms with Crippen LogP contribution in [0.3, 0.4) is 0 Å². The number of carboxylic acids is 1. The van der Waals surface area contributed by atoms with Crippen LogP contribution in [-0.2, 0) is 0 Å². The van der Waals surface area contributed by atoms with Gasteiger partial charge in [-0.05, 0) is 6.92 Å². The van der Waals surface area contributed by atoms with Crippen molar-refractivity contribution in [3.05, 3.63) is 18.0 Å². The molecule has 0 radical (unpaired) electrons. The monoisotopic (exact) mass is 326 g/mol. The first-order chi connectivity index (χ1) is 9.99. The van der Waals surface area contributed by atoms with Gasteiger partial charge in [0.2, 0.25) is 0 Å². The normalized spacial score (nSPS) is 18.5. The Kier molecular flexibility index (Phi) is 3.88. The number of ether oxygens (including phenoxy) is 1. The topological polar surface area (TPSA) is 62.7 Å². The Morgan fingerprint density at radius 1 is 1.45 bits per heavy atom. The van der Waals surface area contributed by atoms with Crippen LogP contribution in [0, 0.1) is 0 Å². The van der Waals surface area contributed by atoms with Crippen LogP contribution in [0.2, 0.25) is 0 Å². The first-order valence-electron chi connectivity index (χ1n) is 6.09. The highest BCUT2D eigenvalue weighted by atomic mass is 19.4. The zero-order chi connectivity index (χ0) is 16.7. The number of halogens is 5. The highest BCUT2D eigenvalue weighted by Gasteiger charge is 2.45. The molecule has 10 heteroatoms. The van der Waals surface area contributed by atoms with Gasteiger partial charge in [0, 0.05) is 6.07 Å². The maximum Gasteiger partial charge on any atom is 0.425 e. The van der Waals surface area contributed by atoms with E-state index in [9.17, 15) is 26.7 Å². The van der Waals surface area contributed by atoms with Crippen molar-refractivity contribution in [1.82, 2.24) is 4.98 Å². The molecule has 1 aliphatic heterocycles. The fraction of sp³-hybridized carbons (Fsp3) is 0.500. The zero-order valence-corrected chi connectivity index (χ0v) is 11.2. The lowest BCUT2D eigenvalue weighted by molar-refractivity contribution is -0.189. The number of rotatable bonds is 4. The minimum atomic E-state index is -4.68. The molecule has 0 unspecified atom stereocenters. The number of hydrogen-bond donors (Lipinski definition) is 1. The van der Waals surface area contributed by atoms with Gasteiger partial charge < -0.3 is 14.7 Å². The highest BCUT2D eigenvalue weighted by molar-refractivity contribution is 5.86. The molecule has 1 fully saturated rings. The average Bonchev–Trinajstić information content (AvgIpc) is 2.34. The molecule has 1 aromatic rings. The van der Waals surface area contributed by atoms with E-state index >= 15 is 0 Å². The number of carbonyl (C=O) groups is 1. The maximum absolute atomic E-state index is 12.9. The Balaban J connectivity index is 2.31. The number of hydrogen-bond acceptors (Lipinski definition) is 4. The summed E-state index contributed by atoms with van der Waals surface area (Å²) in [6, 6.07) is 0.788. The van der Waals surface area contributed by atoms with Gasteiger partial charge in [-0.15, -0.1) is 0 Å². The Morgan fingerprint density at radius 2 is 2.05 bits per heavy atom. The second-order valence-corrected chi connectivity index (χ2v) is 4.86. The summed E-state index contributed by atoms with van der Waals surface area (Å²) in [5.74, 6) is -4.86. The zero-order valence-electron chi connectivity index (χ0n) is 11.2. The third kappa shape index (κ3) is 3.37. The molecule has 0 aliphatic carbocycles. The molecule has 0 saturated carbocycles. The van der Waals surface area contributed by atoms with Gasteiger partial charge >= 0.3 is 12.1 Å². The average molecular weight is 326 g/mol. The summed E-state index contributed by atoms with van der Waals surface area (Å²) < 4.78 is 68.2. The van der Waals surface area contributed by atoms with E-state index < -0.39 is 48.7 Å². The third-order valence-corrected chi connectivity index (χ3v) is 3.02. The SMILES string of the molecule is C[C@H](Oc1cc(C(=O)O)ncc1N1CC(F)(F)C1)C(F)(F)F. The molecule has 2 rings (SSSR count). The summed E-state index contributed by atoms with van der Waals surface area (Å²) in [5, 5.41) is 8.81. The predicted octanol–water partition coefficient (Wildman–Crippen LogP) is 2.56. The quantitative estimate of drug-likeness (QED) is 0.862. The van der Waals surface area contributed by atoms with Gasteiger partial charge in [0.1, 0.15) is 5.75 Å². The Hall–Kier alpha value is -2.13. The lowest BCUT2D eigenvalue weighted by Crippen LogP contribution is -2.56. The van der Waals surface area contributed by atoms with Crippen LogP contribution >= 0.6 is 0 Å². The Morgan fingerprint density at radius 3 is 2.50 bits per heavy atom. The largest absolute Gasteiger partial charge is 0.479 e. The summed E-state index contributed by atoms with van der Waals surface area (Å²) in [6.45, 7) is -0.662. The molecule has 5 nitrogen and oxygen atoms in total. The van der Waals surface area contributed by atoms with Crippen LogP contribution in [0.5, 0.6) is 5.75 Å². The summed E-state index contributed by atoms with van der Waals surface area (Å²) in [5.41, 5.74) is -0.646. The molecule has 1 aromatic heterocycles. The second kappa shape index (κ2) is 5.25. The van der Waals surface area contributed by atoms with Crippen LogP contribution in [0.4, 0.5) is 27.6 Å². The lowest BCUT2D eigenvalue weighted by atomic mass is 10.1. The van der Waals surface area contributed by atoms with E-state index in [2.05, 4.69) is 4.98 Å². The van der Waals surface area contributed by atoms with Gasteiger partial charge in [-0.3, -0.25) is 0 Å². The fourth-order valence-electron chi connectivity index (χ4n) is 1.82. The standard InChI is InChI=1S/C12H11F5N2O3/c1-6(12(15,16)17)22-9-2-7(10(20)21)18-3-8(9)19-4-11(13,14)5-19/h2-3,6H,4-5H2,1H3,(H,20,21)/t6-/m0/s1. The molecule has 1 aliphatic rings. The van der Waals surface area contributed by atoms with E-state index in [0.29, 0.717) is 0 Å². The van der Waals surface area contributed by atoms with Gasteiger partial charge in [-0.2, -0.15) is 13.2 Å². The van der Waals surface area contributed by atoms with Gasteiger partial charge in [0.25, 0.3) is 5.92 Å². The number of carboxylic acid groups (broad SMARTS) is 1. The fourth-order valence-corrected chi connectivity index (χ4v) is 1.82. The van der Waals surface area contributed by atoms with E-state index in [1.807, 2.05) is 0 Å². The molecule has 22 heavy (non-hydrogen) atoms. The smallest absolute Gasteiger partial charge is 0.425 e. The molecule has 2 heterocycles. The van der Waals surface area contributed by atoms with Gasteiger partial charge in [0.05, 0.1) is 25.0 Å². The minimum Gasteiger partial charge on any atom is -0.479 e. The number of nitrogens with zero attached hydrogens (tertiary/aromatic N) is 2. The summed E-state index contributed by atoms with van der Waals surface area (Å²) >= 11 is 0. The number of pyridine rings is 1. The van der Waals surface area contributed by atoms with Crippen LogP contribution in [0.15, 0.2) is 12.3 Å². The number of alkyl halides is 5. The highest BCUT2D eigenvalue weighted by Crippen LogP contribution is 2.38. The van der Waals surface area contributed by atoms with Gasteiger partial charge in [-0.1, -0.05) is 0 Å². The van der Waals surface area contributed by atoms with E-state index in [-0.39, 0.29) is 5.69 Å². The number of aromatic carboxylic acids is 1. The molecule has 122 valence electrons. The Labute approximate surface area is 121 Å². The van der Waals surface area contributed by atoms with Crippen molar-refractivity contribution in [3.63, 3.8) is 0 Å². The van der Waals surface area contributed by atoms with Crippen molar-refractivity contribution in [1.29, 1.82) is 0 Å². The molecule has 0 amide bonds. The molecule has 1 atom stereocenters. The van der Waals surface area contributed by atoms with Crippen molar-refractivity contribution >= 4 is 11.7 Å². The van der Waals surface area contributed by atoms with Crippen LogP contribution in [0.1, 0.15) is 17.4 Å². The van der Waals surface area contributed by atoms with Crippen LogP contribution in [0.25, 0.3) is 0 Å². The van der Waals surface area contributed by atoms with Gasteiger partial charge in [-0.25, -0.2) is 18.6 Å². The molecular formula is C12H11F5N2O3.